The summed E-state index contributed by atoms with van der Waals surface area (Å²) < 4.78 is 57.0. The summed E-state index contributed by atoms with van der Waals surface area (Å²) >= 11 is 0. The predicted molar refractivity (Wildman–Crippen MR) is 94.4 cm³/mol. The van der Waals surface area contributed by atoms with Crippen LogP contribution in [0.1, 0.15) is 5.56 Å². The first-order valence-electron chi connectivity index (χ1n) is 8.16. The van der Waals surface area contributed by atoms with Crippen molar-refractivity contribution in [3.05, 3.63) is 66.0 Å². The van der Waals surface area contributed by atoms with Crippen molar-refractivity contribution in [2.75, 3.05) is 11.9 Å². The minimum Gasteiger partial charge on any atom is -0.367 e. The first-order chi connectivity index (χ1) is 13.4. The number of hydrogen-bond donors (Lipinski definition) is 1. The molecule has 0 atom stereocenters. The fourth-order valence-corrected chi connectivity index (χ4v) is 2.65. The van der Waals surface area contributed by atoms with Crippen LogP contribution in [0.15, 0.2) is 54.6 Å². The molecule has 9 heteroatoms. The topological polar surface area (TPSA) is 56.1 Å². The quantitative estimate of drug-likeness (QED) is 0.480. The first kappa shape index (κ1) is 19.6. The van der Waals surface area contributed by atoms with E-state index in [2.05, 4.69) is 15.2 Å². The molecule has 1 heterocycles. The molecule has 5 nitrogen and oxygen atoms in total. The fraction of sp³-hybridized carbons (Fsp3) is 0.158. The number of alkyl halides is 3. The molecule has 2 aromatic carbocycles. The highest BCUT2D eigenvalue weighted by molar-refractivity contribution is 5.74. The Balaban J connectivity index is 1.97. The third-order valence-electron chi connectivity index (χ3n) is 3.70. The largest absolute Gasteiger partial charge is 0.411 e. The molecule has 146 valence electrons. The Kier molecular flexibility index (Phi) is 5.74. The van der Waals surface area contributed by atoms with Crippen LogP contribution in [0, 0.1) is 5.82 Å². The molecule has 0 unspecified atom stereocenters. The van der Waals surface area contributed by atoms with Crippen molar-refractivity contribution >= 4 is 12.2 Å². The summed E-state index contributed by atoms with van der Waals surface area (Å²) in [6.45, 7) is -1.82. The number of hydrogen-bond acceptors (Lipinski definition) is 3. The summed E-state index contributed by atoms with van der Waals surface area (Å²) in [5.74, 6) is -0.387. The van der Waals surface area contributed by atoms with Crippen LogP contribution in [0.3, 0.4) is 0 Å². The van der Waals surface area contributed by atoms with Crippen molar-refractivity contribution in [2.45, 2.75) is 12.8 Å². The second kappa shape index (κ2) is 8.22. The highest BCUT2D eigenvalue weighted by atomic mass is 19.4. The molecule has 0 aliphatic heterocycles. The van der Waals surface area contributed by atoms with Crippen molar-refractivity contribution in [3.8, 4) is 16.9 Å². The molecule has 3 rings (SSSR count). The van der Waals surface area contributed by atoms with Crippen molar-refractivity contribution in [3.63, 3.8) is 0 Å². The lowest BCUT2D eigenvalue weighted by molar-refractivity contribution is -0.176. The van der Waals surface area contributed by atoms with Gasteiger partial charge in [-0.15, -0.1) is 5.10 Å². The number of nitrogens with zero attached hydrogens (tertiary/aromatic N) is 2. The predicted octanol–water partition coefficient (Wildman–Crippen LogP) is 4.33. The van der Waals surface area contributed by atoms with Crippen LogP contribution in [0.5, 0.6) is 0 Å². The number of carbonyl (C=O) groups excluding carboxylic acids is 1. The smallest absolute Gasteiger partial charge is 0.367 e. The van der Waals surface area contributed by atoms with Gasteiger partial charge in [0.1, 0.15) is 12.4 Å². The van der Waals surface area contributed by atoms with E-state index in [1.165, 1.54) is 22.9 Å². The average Bonchev–Trinajstić information content (AvgIpc) is 3.05. The lowest BCUT2D eigenvalue weighted by atomic mass is 10.1. The van der Waals surface area contributed by atoms with Crippen LogP contribution in [0.4, 0.5) is 23.4 Å². The average molecular weight is 393 g/mol. The highest BCUT2D eigenvalue weighted by Gasteiger charge is 2.27. The Morgan fingerprint density at radius 2 is 1.86 bits per heavy atom. The molecule has 1 aromatic heterocycles. The van der Waals surface area contributed by atoms with Crippen LogP contribution in [0.2, 0.25) is 0 Å². The van der Waals surface area contributed by atoms with Gasteiger partial charge < -0.3 is 10.1 Å². The number of amides is 1. The number of rotatable bonds is 7. The van der Waals surface area contributed by atoms with E-state index in [9.17, 15) is 22.4 Å². The summed E-state index contributed by atoms with van der Waals surface area (Å²) in [4.78, 5) is 10.7. The highest BCUT2D eigenvalue weighted by Crippen LogP contribution is 2.28. The van der Waals surface area contributed by atoms with Gasteiger partial charge in [-0.2, -0.15) is 13.2 Å². The van der Waals surface area contributed by atoms with Crippen LogP contribution >= 0.6 is 0 Å². The number of halogens is 4. The number of para-hydroxylation sites is 1. The fourth-order valence-electron chi connectivity index (χ4n) is 2.65. The Labute approximate surface area is 157 Å². The van der Waals surface area contributed by atoms with E-state index in [0.29, 0.717) is 23.4 Å². The maximum atomic E-state index is 14.1. The zero-order valence-electron chi connectivity index (χ0n) is 14.4. The Morgan fingerprint density at radius 3 is 2.54 bits per heavy atom. The molecule has 0 aliphatic carbocycles. The number of carbonyl (C=O) groups is 1. The molecule has 0 fully saturated rings. The Bertz CT molecular complexity index is 956. The molecule has 0 saturated carbocycles. The SMILES string of the molecule is O=CNc1cc(-c2cc(F)cc(COCC(F)(F)F)c2)n(-c2ccccc2)n1. The maximum absolute atomic E-state index is 14.1. The van der Waals surface area contributed by atoms with E-state index in [1.807, 2.05) is 6.07 Å². The molecule has 0 bridgehead atoms. The van der Waals surface area contributed by atoms with Gasteiger partial charge in [-0.1, -0.05) is 18.2 Å². The number of aromatic nitrogens is 2. The van der Waals surface area contributed by atoms with Gasteiger partial charge in [-0.25, -0.2) is 9.07 Å². The number of nitrogens with one attached hydrogen (secondary N) is 1. The molecule has 0 spiro atoms. The summed E-state index contributed by atoms with van der Waals surface area (Å²) in [5, 5.41) is 6.70. The summed E-state index contributed by atoms with van der Waals surface area (Å²) in [7, 11) is 0. The van der Waals surface area contributed by atoms with E-state index >= 15 is 0 Å². The molecular weight excluding hydrogens is 378 g/mol. The van der Waals surface area contributed by atoms with Gasteiger partial charge in [-0.3, -0.25) is 4.79 Å². The van der Waals surface area contributed by atoms with Gasteiger partial charge in [-0.05, 0) is 35.9 Å². The number of ether oxygens (including phenoxy) is 1. The molecule has 1 N–H and O–H groups in total. The molecular formula is C19H15F4N3O2. The third-order valence-corrected chi connectivity index (χ3v) is 3.70. The maximum Gasteiger partial charge on any atom is 0.411 e. The normalized spacial score (nSPS) is 11.4. The molecule has 3 aromatic rings. The van der Waals surface area contributed by atoms with Gasteiger partial charge in [0.15, 0.2) is 5.82 Å². The molecule has 1 amide bonds. The molecule has 0 aliphatic rings. The van der Waals surface area contributed by atoms with Gasteiger partial charge in [0.05, 0.1) is 18.0 Å². The first-order valence-corrected chi connectivity index (χ1v) is 8.16. The van der Waals surface area contributed by atoms with E-state index < -0.39 is 25.2 Å². The second-order valence-corrected chi connectivity index (χ2v) is 5.88. The lowest BCUT2D eigenvalue weighted by Crippen LogP contribution is -2.16. The monoisotopic (exact) mass is 393 g/mol. The zero-order valence-corrected chi connectivity index (χ0v) is 14.4. The third kappa shape index (κ3) is 4.95. The Hall–Kier alpha value is -3.20. The second-order valence-electron chi connectivity index (χ2n) is 5.88. The van der Waals surface area contributed by atoms with Gasteiger partial charge in [0.2, 0.25) is 6.41 Å². The summed E-state index contributed by atoms with van der Waals surface area (Å²) in [6, 6.07) is 14.3. The van der Waals surface area contributed by atoms with Gasteiger partial charge in [0.25, 0.3) is 0 Å². The van der Waals surface area contributed by atoms with E-state index in [-0.39, 0.29) is 11.4 Å². The van der Waals surface area contributed by atoms with E-state index in [0.717, 1.165) is 6.07 Å². The molecule has 0 saturated heterocycles. The van der Waals surface area contributed by atoms with Crippen molar-refractivity contribution in [1.29, 1.82) is 0 Å². The summed E-state index contributed by atoms with van der Waals surface area (Å²) in [6.07, 6.45) is -4.00. The summed E-state index contributed by atoms with van der Waals surface area (Å²) in [5.41, 5.74) is 1.73. The molecule has 28 heavy (non-hydrogen) atoms. The van der Waals surface area contributed by atoms with Crippen LogP contribution in [-0.4, -0.2) is 29.0 Å². The minimum absolute atomic E-state index is 0.241. The van der Waals surface area contributed by atoms with Crippen LogP contribution < -0.4 is 5.32 Å². The van der Waals surface area contributed by atoms with Gasteiger partial charge in [0, 0.05) is 11.6 Å². The lowest BCUT2D eigenvalue weighted by Gasteiger charge is -2.11. The standard InChI is InChI=1S/C19H15F4N3O2/c20-15-7-13(10-28-11-19(21,22)23)6-14(8-15)17-9-18(24-12-27)25-26(17)16-4-2-1-3-5-16/h1-9,12H,10-11H2,(H,24,25,27). The van der Waals surface area contributed by atoms with Crippen LogP contribution in [0.25, 0.3) is 16.9 Å². The van der Waals surface area contributed by atoms with E-state index in [4.69, 9.17) is 0 Å². The van der Waals surface area contributed by atoms with E-state index in [1.54, 1.807) is 24.3 Å². The molecule has 0 radical (unpaired) electrons. The van der Waals surface area contributed by atoms with Crippen molar-refractivity contribution in [1.82, 2.24) is 9.78 Å². The number of benzene rings is 2. The minimum atomic E-state index is -4.46. The van der Waals surface area contributed by atoms with Crippen LogP contribution in [-0.2, 0) is 16.1 Å². The van der Waals surface area contributed by atoms with Gasteiger partial charge >= 0.3 is 6.18 Å². The van der Waals surface area contributed by atoms with Crippen molar-refractivity contribution < 1.29 is 27.1 Å². The number of anilines is 1. The zero-order chi connectivity index (χ0) is 20.1. The van der Waals surface area contributed by atoms with Crippen molar-refractivity contribution in [2.24, 2.45) is 0 Å². The Morgan fingerprint density at radius 1 is 1.11 bits per heavy atom.